The molecule has 4 N–H and O–H groups in total. The van der Waals surface area contributed by atoms with E-state index >= 15 is 0 Å². The summed E-state index contributed by atoms with van der Waals surface area (Å²) < 4.78 is 43.0. The first-order chi connectivity index (χ1) is 22.9. The molecule has 2 rings (SSSR count). The average molecular weight is 686 g/mol. The summed E-state index contributed by atoms with van der Waals surface area (Å²) in [6.07, 6.45) is 2.31. The maximum absolute atomic E-state index is 12.9. The van der Waals surface area contributed by atoms with E-state index in [1.165, 1.54) is 6.08 Å². The molecule has 1 fully saturated rings. The number of aliphatic hydroxyl groups excluding tert-OH is 1. The van der Waals surface area contributed by atoms with Gasteiger partial charge in [-0.1, -0.05) is 12.8 Å². The molecule has 1 aliphatic heterocycles. The molecule has 0 unspecified atom stereocenters. The quantitative estimate of drug-likeness (QED) is 0.0569. The Morgan fingerprint density at radius 2 is 1.58 bits per heavy atom. The number of alkyl carbamates (subject to hydrolysis) is 2. The van der Waals surface area contributed by atoms with Gasteiger partial charge in [-0.2, -0.15) is 0 Å². The lowest BCUT2D eigenvalue weighted by Crippen LogP contribution is -2.57. The van der Waals surface area contributed by atoms with Gasteiger partial charge in [0.1, 0.15) is 24.4 Å². The first-order valence-corrected chi connectivity index (χ1v) is 16.0. The molecular weight excluding hydrogens is 634 g/mol. The molecule has 0 radical (unpaired) electrons. The molecule has 0 aromatic carbocycles. The standard InChI is InChI=1S/C32H51N3O13/c1-7-11-42-13-15-44-17-18-45-16-14-43-12-10-33-30(39)47-27(24(36)20-34-28(37)22-8-9-22)26-21(2)23(19-25(46-26)29(38)41-6)35-31(40)48-32(3,4)5/h1,19,21-24,26-27,36H,8-18,20H2,2-6H3,(H,33,39)(H,34,37)(H,35,40)/t21-,23+,24-,26-,27-/m1/s1. The van der Waals surface area contributed by atoms with E-state index in [2.05, 4.69) is 21.9 Å². The molecular formula is C32H51N3O13. The largest absolute Gasteiger partial charge is 0.479 e. The van der Waals surface area contributed by atoms with E-state index in [0.717, 1.165) is 20.0 Å². The minimum atomic E-state index is -1.45. The minimum Gasteiger partial charge on any atom is -0.479 e. The third kappa shape index (κ3) is 16.0. The van der Waals surface area contributed by atoms with Crippen LogP contribution >= 0.6 is 0 Å². The van der Waals surface area contributed by atoms with E-state index in [0.29, 0.717) is 33.0 Å². The van der Waals surface area contributed by atoms with Crippen molar-refractivity contribution in [3.8, 4) is 12.3 Å². The van der Waals surface area contributed by atoms with Crippen LogP contribution in [0.4, 0.5) is 9.59 Å². The van der Waals surface area contributed by atoms with Gasteiger partial charge in [-0.3, -0.25) is 4.79 Å². The van der Waals surface area contributed by atoms with Gasteiger partial charge in [0.15, 0.2) is 6.10 Å². The highest BCUT2D eigenvalue weighted by atomic mass is 16.6. The van der Waals surface area contributed by atoms with E-state index in [9.17, 15) is 24.3 Å². The molecule has 0 aromatic heterocycles. The van der Waals surface area contributed by atoms with E-state index < -0.39 is 54.0 Å². The Balaban J connectivity index is 1.94. The lowest BCUT2D eigenvalue weighted by Gasteiger charge is -2.40. The van der Waals surface area contributed by atoms with E-state index in [1.807, 2.05) is 0 Å². The zero-order valence-corrected chi connectivity index (χ0v) is 28.5. The number of amides is 3. The van der Waals surface area contributed by atoms with Crippen LogP contribution < -0.4 is 16.0 Å². The maximum Gasteiger partial charge on any atom is 0.408 e. The number of esters is 1. The monoisotopic (exact) mass is 685 g/mol. The summed E-state index contributed by atoms with van der Waals surface area (Å²) in [5, 5.41) is 19.1. The Kier molecular flexibility index (Phi) is 18.1. The minimum absolute atomic E-state index is 0.0675. The van der Waals surface area contributed by atoms with Gasteiger partial charge >= 0.3 is 18.2 Å². The van der Waals surface area contributed by atoms with Crippen LogP contribution in [-0.2, 0) is 47.5 Å². The molecule has 5 atom stereocenters. The predicted molar refractivity (Wildman–Crippen MR) is 169 cm³/mol. The van der Waals surface area contributed by atoms with Gasteiger partial charge < -0.3 is 59.0 Å². The topological polar surface area (TPSA) is 198 Å². The molecule has 0 bridgehead atoms. The highest BCUT2D eigenvalue weighted by molar-refractivity contribution is 5.86. The van der Waals surface area contributed by atoms with Crippen molar-refractivity contribution in [2.75, 3.05) is 73.1 Å². The number of terminal acetylenes is 1. The van der Waals surface area contributed by atoms with Crippen LogP contribution in [0.2, 0.25) is 0 Å². The molecule has 1 saturated carbocycles. The van der Waals surface area contributed by atoms with Gasteiger partial charge in [-0.25, -0.2) is 14.4 Å². The fraction of sp³-hybridized carbons (Fsp3) is 0.750. The molecule has 16 heteroatoms. The van der Waals surface area contributed by atoms with Crippen molar-refractivity contribution < 1.29 is 62.2 Å². The third-order valence-corrected chi connectivity index (χ3v) is 6.95. The second-order valence-electron chi connectivity index (χ2n) is 12.1. The number of methoxy groups -OCH3 is 1. The fourth-order valence-corrected chi connectivity index (χ4v) is 4.37. The zero-order chi connectivity index (χ0) is 35.5. The summed E-state index contributed by atoms with van der Waals surface area (Å²) >= 11 is 0. The molecule has 0 spiro atoms. The lowest BCUT2D eigenvalue weighted by molar-refractivity contribution is -0.149. The maximum atomic E-state index is 12.9. The first kappa shape index (κ1) is 40.6. The van der Waals surface area contributed by atoms with Crippen LogP contribution in [0, 0.1) is 24.2 Å². The van der Waals surface area contributed by atoms with E-state index in [4.69, 9.17) is 44.3 Å². The summed E-state index contributed by atoms with van der Waals surface area (Å²) in [4.78, 5) is 50.3. The van der Waals surface area contributed by atoms with Gasteiger partial charge in [0, 0.05) is 24.9 Å². The van der Waals surface area contributed by atoms with Crippen molar-refractivity contribution in [1.29, 1.82) is 0 Å². The van der Waals surface area contributed by atoms with Crippen molar-refractivity contribution in [2.45, 2.75) is 70.5 Å². The van der Waals surface area contributed by atoms with Gasteiger partial charge in [0.2, 0.25) is 11.7 Å². The number of hydrogen-bond acceptors (Lipinski definition) is 13. The van der Waals surface area contributed by atoms with Gasteiger partial charge in [-0.05, 0) is 39.7 Å². The van der Waals surface area contributed by atoms with Gasteiger partial charge in [-0.15, -0.1) is 6.42 Å². The molecule has 1 heterocycles. The highest BCUT2D eigenvalue weighted by Gasteiger charge is 2.45. The number of hydrogen-bond donors (Lipinski definition) is 4. The van der Waals surface area contributed by atoms with Gasteiger partial charge in [0.05, 0.1) is 59.4 Å². The predicted octanol–water partition coefficient (Wildman–Crippen LogP) is 0.653. The third-order valence-electron chi connectivity index (χ3n) is 6.95. The van der Waals surface area contributed by atoms with Crippen molar-refractivity contribution in [2.24, 2.45) is 11.8 Å². The summed E-state index contributed by atoms with van der Waals surface area (Å²) in [7, 11) is 1.16. The second-order valence-corrected chi connectivity index (χ2v) is 12.1. The van der Waals surface area contributed by atoms with Crippen LogP contribution in [-0.4, -0.2) is 132 Å². The number of ether oxygens (including phenoxy) is 8. The number of carbonyl (C=O) groups is 4. The molecule has 1 aliphatic carbocycles. The summed E-state index contributed by atoms with van der Waals surface area (Å²) in [5.74, 6) is 0.251. The van der Waals surface area contributed by atoms with Crippen LogP contribution in [0.25, 0.3) is 0 Å². The zero-order valence-electron chi connectivity index (χ0n) is 28.5. The number of carbonyl (C=O) groups excluding carboxylic acids is 4. The Hall–Kier alpha value is -3.62. The molecule has 0 saturated heterocycles. The lowest BCUT2D eigenvalue weighted by atomic mass is 9.87. The van der Waals surface area contributed by atoms with Crippen LogP contribution in [0.3, 0.4) is 0 Å². The van der Waals surface area contributed by atoms with E-state index in [1.54, 1.807) is 27.7 Å². The van der Waals surface area contributed by atoms with Gasteiger partial charge in [0.25, 0.3) is 0 Å². The number of nitrogens with one attached hydrogen (secondary N) is 3. The summed E-state index contributed by atoms with van der Waals surface area (Å²) in [5.41, 5.74) is -0.795. The molecule has 3 amide bonds. The fourth-order valence-electron chi connectivity index (χ4n) is 4.37. The number of aliphatic hydroxyl groups is 1. The number of rotatable bonds is 21. The van der Waals surface area contributed by atoms with Crippen LogP contribution in [0.5, 0.6) is 0 Å². The average Bonchev–Trinajstić information content (AvgIpc) is 3.88. The Bertz CT molecular complexity index is 1100. The first-order valence-electron chi connectivity index (χ1n) is 16.0. The SMILES string of the molecule is C#CCOCCOCCOCCOCCNC(=O)O[C@@H]([C@@H]1OC(C(=O)OC)=C[C@H](NC(=O)OC(C)(C)C)[C@H]1C)[C@H](O)CNC(=O)C1CC1. The van der Waals surface area contributed by atoms with Crippen molar-refractivity contribution in [1.82, 2.24) is 16.0 Å². The molecule has 0 aromatic rings. The van der Waals surface area contributed by atoms with Crippen LogP contribution in [0.15, 0.2) is 11.8 Å². The molecule has 48 heavy (non-hydrogen) atoms. The van der Waals surface area contributed by atoms with Crippen molar-refractivity contribution in [3.63, 3.8) is 0 Å². The highest BCUT2D eigenvalue weighted by Crippen LogP contribution is 2.31. The Morgan fingerprint density at radius 3 is 2.15 bits per heavy atom. The summed E-state index contributed by atoms with van der Waals surface area (Å²) in [6, 6.07) is -0.842. The Labute approximate surface area is 281 Å². The smallest absolute Gasteiger partial charge is 0.408 e. The second kappa shape index (κ2) is 21.4. The summed E-state index contributed by atoms with van der Waals surface area (Å²) in [6.45, 7) is 9.14. The molecule has 2 aliphatic rings. The molecule has 272 valence electrons. The van der Waals surface area contributed by atoms with Crippen molar-refractivity contribution >= 4 is 24.1 Å². The molecule has 16 nitrogen and oxygen atoms in total. The van der Waals surface area contributed by atoms with Crippen molar-refractivity contribution in [3.05, 3.63) is 11.8 Å². The normalized spacial score (nSPS) is 20.2. The van der Waals surface area contributed by atoms with E-state index in [-0.39, 0.29) is 50.5 Å². The Morgan fingerprint density at radius 1 is 0.979 bits per heavy atom. The van der Waals surface area contributed by atoms with Crippen LogP contribution in [0.1, 0.15) is 40.5 Å².